The van der Waals surface area contributed by atoms with Crippen molar-refractivity contribution >= 4 is 61.5 Å². The number of hydrogen-bond donors (Lipinski definition) is 1. The number of esters is 1. The molecule has 0 bridgehead atoms. The minimum atomic E-state index is -0.451. The first-order valence-electron chi connectivity index (χ1n) is 10.4. The molecule has 0 aliphatic heterocycles. The van der Waals surface area contributed by atoms with Gasteiger partial charge in [-0.25, -0.2) is 14.8 Å². The predicted octanol–water partition coefficient (Wildman–Crippen LogP) is 6.33. The standard InChI is InChI=1S/C24H23N3O3S3/c1-5-30-24(29)17-11-18(16-9-7-6-8-10-16)33-21(17)27-20(28)15(4)32-23-19-13(2)14(3)31-22(19)25-12-26-23/h6-12,15H,5H2,1-4H3,(H,27,28)/t15-/m1/s1. The highest BCUT2D eigenvalue weighted by Crippen LogP contribution is 2.38. The van der Waals surface area contributed by atoms with Crippen molar-refractivity contribution in [2.24, 2.45) is 0 Å². The van der Waals surface area contributed by atoms with E-state index in [9.17, 15) is 9.59 Å². The summed E-state index contributed by atoms with van der Waals surface area (Å²) in [6.45, 7) is 7.96. The Morgan fingerprint density at radius 3 is 2.64 bits per heavy atom. The number of nitrogens with zero attached hydrogens (tertiary/aromatic N) is 2. The molecule has 4 aromatic rings. The van der Waals surface area contributed by atoms with Gasteiger partial charge in [-0.2, -0.15) is 0 Å². The van der Waals surface area contributed by atoms with Crippen molar-refractivity contribution in [2.45, 2.75) is 38.0 Å². The van der Waals surface area contributed by atoms with Crippen LogP contribution in [-0.4, -0.2) is 33.7 Å². The number of aryl methyl sites for hydroxylation is 2. The van der Waals surface area contributed by atoms with E-state index in [1.54, 1.807) is 24.3 Å². The predicted molar refractivity (Wildman–Crippen MR) is 137 cm³/mol. The Balaban J connectivity index is 1.59. The van der Waals surface area contributed by atoms with Gasteiger partial charge >= 0.3 is 5.97 Å². The second-order valence-electron chi connectivity index (χ2n) is 7.33. The third-order valence-electron chi connectivity index (χ3n) is 5.11. The van der Waals surface area contributed by atoms with Gasteiger partial charge in [0.25, 0.3) is 0 Å². The normalized spacial score (nSPS) is 12.0. The smallest absolute Gasteiger partial charge is 0.341 e. The summed E-state index contributed by atoms with van der Waals surface area (Å²) < 4.78 is 5.21. The van der Waals surface area contributed by atoms with Crippen LogP contribution < -0.4 is 5.32 Å². The van der Waals surface area contributed by atoms with Crippen LogP contribution >= 0.6 is 34.4 Å². The van der Waals surface area contributed by atoms with Gasteiger partial charge in [0.2, 0.25) is 5.91 Å². The molecule has 1 amide bonds. The van der Waals surface area contributed by atoms with Gasteiger partial charge in [-0.1, -0.05) is 42.1 Å². The number of thioether (sulfide) groups is 1. The quantitative estimate of drug-likeness (QED) is 0.182. The Morgan fingerprint density at radius 2 is 1.91 bits per heavy atom. The highest BCUT2D eigenvalue weighted by Gasteiger charge is 2.24. The molecule has 9 heteroatoms. The Morgan fingerprint density at radius 1 is 1.15 bits per heavy atom. The number of fused-ring (bicyclic) bond motifs is 1. The first-order chi connectivity index (χ1) is 15.9. The van der Waals surface area contributed by atoms with Crippen molar-refractivity contribution in [3.05, 3.63) is 58.7 Å². The second kappa shape index (κ2) is 10.0. The molecule has 3 aromatic heterocycles. The van der Waals surface area contributed by atoms with E-state index in [2.05, 4.69) is 29.1 Å². The number of anilines is 1. The Kier molecular flexibility index (Phi) is 7.11. The Labute approximate surface area is 204 Å². The molecular formula is C24H23N3O3S3. The molecule has 4 rings (SSSR count). The molecule has 6 nitrogen and oxygen atoms in total. The highest BCUT2D eigenvalue weighted by atomic mass is 32.2. The average Bonchev–Trinajstić information content (AvgIpc) is 3.36. The summed E-state index contributed by atoms with van der Waals surface area (Å²) in [5.41, 5.74) is 2.48. The largest absolute Gasteiger partial charge is 0.462 e. The molecule has 0 spiro atoms. The minimum absolute atomic E-state index is 0.205. The number of benzene rings is 1. The van der Waals surface area contributed by atoms with E-state index in [4.69, 9.17) is 4.74 Å². The molecular weight excluding hydrogens is 474 g/mol. The summed E-state index contributed by atoms with van der Waals surface area (Å²) in [6, 6.07) is 11.5. The van der Waals surface area contributed by atoms with Gasteiger partial charge in [0, 0.05) is 15.1 Å². The number of thiophene rings is 2. The van der Waals surface area contributed by atoms with Crippen LogP contribution in [0.3, 0.4) is 0 Å². The minimum Gasteiger partial charge on any atom is -0.462 e. The molecule has 1 N–H and O–H groups in total. The first kappa shape index (κ1) is 23.4. The Bertz CT molecular complexity index is 1310. The van der Waals surface area contributed by atoms with Gasteiger partial charge in [-0.15, -0.1) is 22.7 Å². The zero-order valence-electron chi connectivity index (χ0n) is 18.7. The van der Waals surface area contributed by atoms with Gasteiger partial charge in [0.05, 0.1) is 17.4 Å². The third-order valence-corrected chi connectivity index (χ3v) is 8.43. The van der Waals surface area contributed by atoms with Crippen LogP contribution in [0.4, 0.5) is 5.00 Å². The maximum absolute atomic E-state index is 13.1. The number of amides is 1. The van der Waals surface area contributed by atoms with Crippen LogP contribution in [0.1, 0.15) is 34.6 Å². The SMILES string of the molecule is CCOC(=O)c1cc(-c2ccccc2)sc1NC(=O)[C@@H](C)Sc1ncnc2sc(C)c(C)c12. The molecule has 0 aliphatic rings. The molecule has 0 saturated carbocycles. The highest BCUT2D eigenvalue weighted by molar-refractivity contribution is 8.00. The van der Waals surface area contributed by atoms with Crippen molar-refractivity contribution in [2.75, 3.05) is 11.9 Å². The molecule has 3 heterocycles. The van der Waals surface area contributed by atoms with Crippen LogP contribution in [0, 0.1) is 13.8 Å². The van der Waals surface area contributed by atoms with Crippen molar-refractivity contribution in [3.8, 4) is 10.4 Å². The number of carbonyl (C=O) groups is 2. The summed E-state index contributed by atoms with van der Waals surface area (Å²) in [7, 11) is 0. The average molecular weight is 498 g/mol. The van der Waals surface area contributed by atoms with E-state index < -0.39 is 11.2 Å². The van der Waals surface area contributed by atoms with E-state index >= 15 is 0 Å². The monoisotopic (exact) mass is 497 g/mol. The van der Waals surface area contributed by atoms with Crippen LogP contribution in [0.5, 0.6) is 0 Å². The molecule has 1 atom stereocenters. The molecule has 0 unspecified atom stereocenters. The van der Waals surface area contributed by atoms with Crippen molar-refractivity contribution in [1.82, 2.24) is 9.97 Å². The Hall–Kier alpha value is -2.75. The lowest BCUT2D eigenvalue weighted by Crippen LogP contribution is -2.23. The zero-order valence-corrected chi connectivity index (χ0v) is 21.1. The second-order valence-corrected chi connectivity index (χ2v) is 10.9. The van der Waals surface area contributed by atoms with E-state index in [1.807, 2.05) is 37.3 Å². The molecule has 0 fully saturated rings. The van der Waals surface area contributed by atoms with Crippen LogP contribution in [0.2, 0.25) is 0 Å². The van der Waals surface area contributed by atoms with Crippen LogP contribution in [0.25, 0.3) is 20.7 Å². The maximum atomic E-state index is 13.1. The summed E-state index contributed by atoms with van der Waals surface area (Å²) >= 11 is 4.38. The third kappa shape index (κ3) is 4.95. The van der Waals surface area contributed by atoms with Gasteiger partial charge in [-0.3, -0.25) is 4.79 Å². The van der Waals surface area contributed by atoms with Gasteiger partial charge in [-0.05, 0) is 44.9 Å². The van der Waals surface area contributed by atoms with Gasteiger partial charge < -0.3 is 10.1 Å². The van der Waals surface area contributed by atoms with E-state index in [0.717, 1.165) is 31.2 Å². The summed E-state index contributed by atoms with van der Waals surface area (Å²) in [5.74, 6) is -0.656. The lowest BCUT2D eigenvalue weighted by Gasteiger charge is -2.12. The number of nitrogens with one attached hydrogen (secondary N) is 1. The number of hydrogen-bond acceptors (Lipinski definition) is 8. The number of ether oxygens (including phenoxy) is 1. The first-order valence-corrected chi connectivity index (χ1v) is 12.9. The van der Waals surface area contributed by atoms with Crippen molar-refractivity contribution in [1.29, 1.82) is 0 Å². The molecule has 0 aliphatic carbocycles. The van der Waals surface area contributed by atoms with E-state index in [1.165, 1.54) is 34.3 Å². The lowest BCUT2D eigenvalue weighted by molar-refractivity contribution is -0.115. The number of rotatable bonds is 7. The van der Waals surface area contributed by atoms with Gasteiger partial charge in [0.1, 0.15) is 21.2 Å². The summed E-state index contributed by atoms with van der Waals surface area (Å²) in [6.07, 6.45) is 1.54. The topological polar surface area (TPSA) is 81.2 Å². The zero-order chi connectivity index (χ0) is 23.5. The number of aromatic nitrogens is 2. The number of carbonyl (C=O) groups excluding carboxylic acids is 2. The fourth-order valence-corrected chi connectivity index (χ4v) is 6.36. The van der Waals surface area contributed by atoms with Crippen molar-refractivity contribution in [3.63, 3.8) is 0 Å². The molecule has 0 saturated heterocycles. The van der Waals surface area contributed by atoms with Gasteiger partial charge in [0.15, 0.2) is 0 Å². The van der Waals surface area contributed by atoms with E-state index in [-0.39, 0.29) is 12.5 Å². The lowest BCUT2D eigenvalue weighted by atomic mass is 10.1. The summed E-state index contributed by atoms with van der Waals surface area (Å²) in [4.78, 5) is 37.5. The fraction of sp³-hybridized carbons (Fsp3) is 0.250. The summed E-state index contributed by atoms with van der Waals surface area (Å²) in [5, 5.41) is 4.78. The van der Waals surface area contributed by atoms with Crippen LogP contribution in [-0.2, 0) is 9.53 Å². The maximum Gasteiger partial charge on any atom is 0.341 e. The van der Waals surface area contributed by atoms with Crippen molar-refractivity contribution < 1.29 is 14.3 Å². The van der Waals surface area contributed by atoms with E-state index in [0.29, 0.717) is 10.6 Å². The molecule has 33 heavy (non-hydrogen) atoms. The molecule has 1 aromatic carbocycles. The molecule has 170 valence electrons. The molecule has 0 radical (unpaired) electrons. The fourth-order valence-electron chi connectivity index (χ4n) is 3.26. The van der Waals surface area contributed by atoms with Crippen LogP contribution in [0.15, 0.2) is 47.8 Å².